The summed E-state index contributed by atoms with van der Waals surface area (Å²) in [5.74, 6) is -0.0990. The molecule has 4 rings (SSSR count). The normalized spacial score (nSPS) is 16.5. The molecule has 0 saturated carbocycles. The van der Waals surface area contributed by atoms with E-state index in [0.29, 0.717) is 32.6 Å². The molecule has 0 bridgehead atoms. The molecule has 0 radical (unpaired) electrons. The lowest BCUT2D eigenvalue weighted by Gasteiger charge is -2.36. The van der Waals surface area contributed by atoms with Crippen LogP contribution in [0.25, 0.3) is 0 Å². The second-order valence-electron chi connectivity index (χ2n) is 7.51. The van der Waals surface area contributed by atoms with Crippen molar-refractivity contribution in [3.63, 3.8) is 0 Å². The summed E-state index contributed by atoms with van der Waals surface area (Å²) in [5.41, 5.74) is 2.43. The van der Waals surface area contributed by atoms with E-state index < -0.39 is 0 Å². The van der Waals surface area contributed by atoms with Gasteiger partial charge in [-0.1, -0.05) is 18.2 Å². The first kappa shape index (κ1) is 19.2. The van der Waals surface area contributed by atoms with Crippen LogP contribution in [-0.4, -0.2) is 64.1 Å². The zero-order chi connectivity index (χ0) is 20.4. The Kier molecular flexibility index (Phi) is 5.33. The Morgan fingerprint density at radius 1 is 1.00 bits per heavy atom. The number of para-hydroxylation sites is 1. The number of hydrogen-bond acceptors (Lipinski definition) is 5. The Bertz CT molecular complexity index is 964. The molecule has 0 atom stereocenters. The highest BCUT2D eigenvalue weighted by atomic mass is 16.2. The van der Waals surface area contributed by atoms with Gasteiger partial charge in [0.1, 0.15) is 6.54 Å². The van der Waals surface area contributed by atoms with Gasteiger partial charge in [-0.15, -0.1) is 0 Å². The van der Waals surface area contributed by atoms with Gasteiger partial charge in [-0.05, 0) is 12.1 Å². The number of amides is 2. The fourth-order valence-electron chi connectivity index (χ4n) is 3.90. The average Bonchev–Trinajstić information content (AvgIpc) is 2.74. The highest BCUT2D eigenvalue weighted by molar-refractivity contribution is 5.76. The molecule has 0 aliphatic carbocycles. The van der Waals surface area contributed by atoms with Crippen LogP contribution in [0.4, 0.5) is 5.69 Å². The van der Waals surface area contributed by atoms with Crippen molar-refractivity contribution in [2.24, 2.45) is 0 Å². The molecule has 8 nitrogen and oxygen atoms in total. The van der Waals surface area contributed by atoms with Crippen molar-refractivity contribution in [2.45, 2.75) is 26.4 Å². The van der Waals surface area contributed by atoms with Gasteiger partial charge in [0.05, 0.1) is 5.69 Å². The standard InChI is InChI=1S/C21H25N5O3/c1-16(27)25-8-7-19-17(14-25)13-20(28)26(22-19)15-21(29)24-11-9-23(10-12-24)18-5-3-2-4-6-18/h2-6,13H,7-12,14-15H2,1H3. The lowest BCUT2D eigenvalue weighted by molar-refractivity contribution is -0.132. The van der Waals surface area contributed by atoms with E-state index in [1.54, 1.807) is 9.80 Å². The summed E-state index contributed by atoms with van der Waals surface area (Å²) in [6, 6.07) is 11.7. The van der Waals surface area contributed by atoms with Crippen LogP contribution >= 0.6 is 0 Å². The first-order chi connectivity index (χ1) is 14.0. The summed E-state index contributed by atoms with van der Waals surface area (Å²) in [6.07, 6.45) is 0.596. The molecule has 1 saturated heterocycles. The fourth-order valence-corrected chi connectivity index (χ4v) is 3.90. The van der Waals surface area contributed by atoms with Crippen LogP contribution < -0.4 is 10.5 Å². The largest absolute Gasteiger partial charge is 0.368 e. The number of carbonyl (C=O) groups is 2. The van der Waals surface area contributed by atoms with Gasteiger partial charge in [-0.25, -0.2) is 4.68 Å². The first-order valence-corrected chi connectivity index (χ1v) is 9.94. The number of nitrogens with zero attached hydrogens (tertiary/aromatic N) is 5. The van der Waals surface area contributed by atoms with Gasteiger partial charge in [0.15, 0.2) is 0 Å². The van der Waals surface area contributed by atoms with Crippen LogP contribution in [0, 0.1) is 0 Å². The maximum atomic E-state index is 12.7. The molecule has 0 unspecified atom stereocenters. The number of aromatic nitrogens is 2. The number of rotatable bonds is 3. The van der Waals surface area contributed by atoms with E-state index in [-0.39, 0.29) is 23.9 Å². The third-order valence-corrected chi connectivity index (χ3v) is 5.63. The van der Waals surface area contributed by atoms with Crippen LogP contribution in [0.5, 0.6) is 0 Å². The molecule has 8 heteroatoms. The van der Waals surface area contributed by atoms with Crippen molar-refractivity contribution >= 4 is 17.5 Å². The third-order valence-electron chi connectivity index (χ3n) is 5.63. The zero-order valence-corrected chi connectivity index (χ0v) is 16.6. The number of hydrogen-bond donors (Lipinski definition) is 0. The van der Waals surface area contributed by atoms with Crippen molar-refractivity contribution in [3.8, 4) is 0 Å². The van der Waals surface area contributed by atoms with Crippen molar-refractivity contribution < 1.29 is 9.59 Å². The van der Waals surface area contributed by atoms with Gasteiger partial charge in [0.25, 0.3) is 5.56 Å². The molecular weight excluding hydrogens is 370 g/mol. The van der Waals surface area contributed by atoms with E-state index in [2.05, 4.69) is 22.1 Å². The molecule has 1 fully saturated rings. The smallest absolute Gasteiger partial charge is 0.267 e. The number of benzene rings is 1. The molecular formula is C21H25N5O3. The molecule has 2 aliphatic rings. The predicted octanol–water partition coefficient (Wildman–Crippen LogP) is 0.497. The molecule has 152 valence electrons. The average molecular weight is 395 g/mol. The van der Waals surface area contributed by atoms with Gasteiger partial charge in [-0.3, -0.25) is 14.4 Å². The van der Waals surface area contributed by atoms with Crippen LogP contribution in [0.2, 0.25) is 0 Å². The molecule has 2 aliphatic heterocycles. The molecule has 1 aromatic carbocycles. The number of fused-ring (bicyclic) bond motifs is 1. The Balaban J connectivity index is 1.39. The van der Waals surface area contributed by atoms with E-state index in [4.69, 9.17) is 0 Å². The Morgan fingerprint density at radius 2 is 1.72 bits per heavy atom. The molecule has 0 N–H and O–H groups in total. The molecule has 2 amide bonds. The quantitative estimate of drug-likeness (QED) is 0.756. The molecule has 3 heterocycles. The Hall–Kier alpha value is -3.16. The molecule has 1 aromatic heterocycles. The molecule has 2 aromatic rings. The minimum Gasteiger partial charge on any atom is -0.368 e. The topological polar surface area (TPSA) is 78.8 Å². The highest BCUT2D eigenvalue weighted by Gasteiger charge is 2.24. The summed E-state index contributed by atoms with van der Waals surface area (Å²) < 4.78 is 1.26. The van der Waals surface area contributed by atoms with Crippen molar-refractivity contribution in [1.29, 1.82) is 0 Å². The lowest BCUT2D eigenvalue weighted by atomic mass is 10.1. The minimum absolute atomic E-state index is 0.00958. The van der Waals surface area contributed by atoms with Crippen LogP contribution in [0.3, 0.4) is 0 Å². The van der Waals surface area contributed by atoms with Crippen molar-refractivity contribution in [3.05, 3.63) is 58.0 Å². The van der Waals surface area contributed by atoms with Crippen LogP contribution in [0.15, 0.2) is 41.2 Å². The summed E-state index contributed by atoms with van der Waals surface area (Å²) in [5, 5.41) is 4.41. The Labute approximate surface area is 169 Å². The maximum absolute atomic E-state index is 12.7. The van der Waals surface area contributed by atoms with E-state index in [9.17, 15) is 14.4 Å². The monoisotopic (exact) mass is 395 g/mol. The second-order valence-corrected chi connectivity index (χ2v) is 7.51. The first-order valence-electron chi connectivity index (χ1n) is 9.94. The van der Waals surface area contributed by atoms with Crippen LogP contribution in [0.1, 0.15) is 18.2 Å². The van der Waals surface area contributed by atoms with E-state index in [0.717, 1.165) is 30.0 Å². The zero-order valence-electron chi connectivity index (χ0n) is 16.6. The maximum Gasteiger partial charge on any atom is 0.267 e. The summed E-state index contributed by atoms with van der Waals surface area (Å²) >= 11 is 0. The SMILES string of the molecule is CC(=O)N1CCc2nn(CC(=O)N3CCN(c4ccccc4)CC3)c(=O)cc2C1. The fraction of sp³-hybridized carbons (Fsp3) is 0.429. The van der Waals surface area contributed by atoms with Crippen LogP contribution in [-0.2, 0) is 29.1 Å². The molecule has 29 heavy (non-hydrogen) atoms. The summed E-state index contributed by atoms with van der Waals surface area (Å²) in [7, 11) is 0. The third kappa shape index (κ3) is 4.16. The number of carbonyl (C=O) groups excluding carboxylic acids is 2. The van der Waals surface area contributed by atoms with Gasteiger partial charge in [-0.2, -0.15) is 5.10 Å². The number of piperazine rings is 1. The summed E-state index contributed by atoms with van der Waals surface area (Å²) in [4.78, 5) is 42.5. The molecule has 0 spiro atoms. The second kappa shape index (κ2) is 8.06. The highest BCUT2D eigenvalue weighted by Crippen LogP contribution is 2.17. The van der Waals surface area contributed by atoms with Gasteiger partial charge < -0.3 is 14.7 Å². The van der Waals surface area contributed by atoms with Gasteiger partial charge in [0.2, 0.25) is 11.8 Å². The van der Waals surface area contributed by atoms with E-state index in [1.165, 1.54) is 17.7 Å². The predicted molar refractivity (Wildman–Crippen MR) is 109 cm³/mol. The lowest BCUT2D eigenvalue weighted by Crippen LogP contribution is -2.50. The summed E-state index contributed by atoms with van der Waals surface area (Å²) in [6.45, 7) is 5.25. The Morgan fingerprint density at radius 3 is 2.41 bits per heavy atom. The van der Waals surface area contributed by atoms with Gasteiger partial charge >= 0.3 is 0 Å². The van der Waals surface area contributed by atoms with Crippen molar-refractivity contribution in [2.75, 3.05) is 37.6 Å². The van der Waals surface area contributed by atoms with E-state index in [1.807, 2.05) is 18.2 Å². The van der Waals surface area contributed by atoms with E-state index >= 15 is 0 Å². The van der Waals surface area contributed by atoms with Gasteiger partial charge in [0, 0.05) is 69.9 Å². The number of anilines is 1. The minimum atomic E-state index is -0.301. The van der Waals surface area contributed by atoms with Crippen molar-refractivity contribution in [1.82, 2.24) is 19.6 Å².